The normalized spacial score (nSPS) is 10.4. The first-order valence-corrected chi connectivity index (χ1v) is 4.86. The van der Waals surface area contributed by atoms with Crippen LogP contribution in [-0.2, 0) is 0 Å². The standard InChI is InChI=1S/C12H11NO3/c1-7-4-3-5-9(8(7)2)11-6-10(12(14)15)13-16-11/h3-6H,1-2H3,(H,14,15). The van der Waals surface area contributed by atoms with E-state index in [2.05, 4.69) is 5.16 Å². The van der Waals surface area contributed by atoms with Gasteiger partial charge in [-0.15, -0.1) is 0 Å². The van der Waals surface area contributed by atoms with Gasteiger partial charge in [0.15, 0.2) is 11.5 Å². The predicted octanol–water partition coefficient (Wildman–Crippen LogP) is 2.66. The zero-order chi connectivity index (χ0) is 11.7. The predicted molar refractivity (Wildman–Crippen MR) is 58.4 cm³/mol. The van der Waals surface area contributed by atoms with Crippen molar-refractivity contribution in [2.24, 2.45) is 0 Å². The topological polar surface area (TPSA) is 63.3 Å². The van der Waals surface area contributed by atoms with Gasteiger partial charge >= 0.3 is 5.97 Å². The number of nitrogens with zero attached hydrogens (tertiary/aromatic N) is 1. The largest absolute Gasteiger partial charge is 0.476 e. The van der Waals surface area contributed by atoms with E-state index in [0.29, 0.717) is 5.76 Å². The molecule has 0 spiro atoms. The molecule has 0 saturated carbocycles. The Kier molecular flexibility index (Phi) is 2.48. The van der Waals surface area contributed by atoms with Crippen molar-refractivity contribution in [3.63, 3.8) is 0 Å². The minimum Gasteiger partial charge on any atom is -0.476 e. The molecule has 2 rings (SSSR count). The van der Waals surface area contributed by atoms with Crippen LogP contribution in [0, 0.1) is 13.8 Å². The van der Waals surface area contributed by atoms with E-state index >= 15 is 0 Å². The summed E-state index contributed by atoms with van der Waals surface area (Å²) in [6, 6.07) is 7.21. The number of benzene rings is 1. The van der Waals surface area contributed by atoms with Gasteiger partial charge in [0.25, 0.3) is 0 Å². The molecule has 1 N–H and O–H groups in total. The summed E-state index contributed by atoms with van der Waals surface area (Å²) >= 11 is 0. The maximum absolute atomic E-state index is 10.7. The molecule has 0 unspecified atom stereocenters. The van der Waals surface area contributed by atoms with E-state index in [1.807, 2.05) is 32.0 Å². The molecule has 82 valence electrons. The van der Waals surface area contributed by atoms with Gasteiger partial charge in [-0.3, -0.25) is 0 Å². The van der Waals surface area contributed by atoms with Gasteiger partial charge in [-0.2, -0.15) is 0 Å². The van der Waals surface area contributed by atoms with Gasteiger partial charge in [-0.25, -0.2) is 4.79 Å². The Morgan fingerprint density at radius 2 is 2.12 bits per heavy atom. The summed E-state index contributed by atoms with van der Waals surface area (Å²) in [4.78, 5) is 10.7. The van der Waals surface area contributed by atoms with Gasteiger partial charge < -0.3 is 9.63 Å². The number of carboxylic acids is 1. The molecule has 0 aliphatic carbocycles. The van der Waals surface area contributed by atoms with Gasteiger partial charge in [-0.1, -0.05) is 23.4 Å². The molecule has 0 aliphatic rings. The zero-order valence-electron chi connectivity index (χ0n) is 9.02. The molecule has 1 heterocycles. The van der Waals surface area contributed by atoms with E-state index in [1.165, 1.54) is 6.07 Å². The smallest absolute Gasteiger partial charge is 0.358 e. The first kappa shape index (κ1) is 10.4. The summed E-state index contributed by atoms with van der Waals surface area (Å²) in [5.74, 6) is -0.598. The van der Waals surface area contributed by atoms with Crippen molar-refractivity contribution in [2.45, 2.75) is 13.8 Å². The van der Waals surface area contributed by atoms with Crippen molar-refractivity contribution >= 4 is 5.97 Å². The monoisotopic (exact) mass is 217 g/mol. The highest BCUT2D eigenvalue weighted by atomic mass is 16.5. The molecule has 1 aromatic heterocycles. The Labute approximate surface area is 92.5 Å². The van der Waals surface area contributed by atoms with Gasteiger partial charge in [0, 0.05) is 11.6 Å². The van der Waals surface area contributed by atoms with Crippen LogP contribution >= 0.6 is 0 Å². The van der Waals surface area contributed by atoms with E-state index in [1.54, 1.807) is 0 Å². The fourth-order valence-electron chi connectivity index (χ4n) is 1.52. The summed E-state index contributed by atoms with van der Waals surface area (Å²) in [5.41, 5.74) is 3.00. The minimum absolute atomic E-state index is 0.0732. The maximum atomic E-state index is 10.7. The first-order valence-electron chi connectivity index (χ1n) is 4.86. The minimum atomic E-state index is -1.08. The van der Waals surface area contributed by atoms with Crippen molar-refractivity contribution in [2.75, 3.05) is 0 Å². The number of aromatic carboxylic acids is 1. The fraction of sp³-hybridized carbons (Fsp3) is 0.167. The average molecular weight is 217 g/mol. The van der Waals surface area contributed by atoms with Crippen LogP contribution in [-0.4, -0.2) is 16.2 Å². The second-order valence-electron chi connectivity index (χ2n) is 3.63. The molecule has 0 saturated heterocycles. The van der Waals surface area contributed by atoms with Crippen LogP contribution < -0.4 is 0 Å². The average Bonchev–Trinajstić information content (AvgIpc) is 2.71. The number of aromatic nitrogens is 1. The highest BCUT2D eigenvalue weighted by Gasteiger charge is 2.13. The summed E-state index contributed by atoms with van der Waals surface area (Å²) in [5, 5.41) is 12.2. The van der Waals surface area contributed by atoms with E-state index < -0.39 is 5.97 Å². The van der Waals surface area contributed by atoms with Crippen LogP contribution in [0.4, 0.5) is 0 Å². The third-order valence-corrected chi connectivity index (χ3v) is 2.60. The summed E-state index contributed by atoms with van der Waals surface area (Å²) in [6.07, 6.45) is 0. The number of hydrogen-bond donors (Lipinski definition) is 1. The second-order valence-corrected chi connectivity index (χ2v) is 3.63. The molecule has 1 aromatic carbocycles. The molecule has 4 nitrogen and oxygen atoms in total. The lowest BCUT2D eigenvalue weighted by Gasteiger charge is -2.03. The number of carboxylic acid groups (broad SMARTS) is 1. The van der Waals surface area contributed by atoms with Crippen LogP contribution in [0.2, 0.25) is 0 Å². The highest BCUT2D eigenvalue weighted by Crippen LogP contribution is 2.25. The number of hydrogen-bond acceptors (Lipinski definition) is 3. The lowest BCUT2D eigenvalue weighted by Crippen LogP contribution is -1.94. The van der Waals surface area contributed by atoms with E-state index in [0.717, 1.165) is 16.7 Å². The molecule has 0 amide bonds. The highest BCUT2D eigenvalue weighted by molar-refractivity contribution is 5.86. The van der Waals surface area contributed by atoms with Gasteiger partial charge in [0.2, 0.25) is 0 Å². The van der Waals surface area contributed by atoms with Crippen LogP contribution in [0.3, 0.4) is 0 Å². The Balaban J connectivity index is 2.50. The Bertz CT molecular complexity index is 543. The molecule has 0 radical (unpaired) electrons. The lowest BCUT2D eigenvalue weighted by molar-refractivity contribution is 0.0686. The third-order valence-electron chi connectivity index (χ3n) is 2.60. The Morgan fingerprint density at radius 3 is 2.75 bits per heavy atom. The van der Waals surface area contributed by atoms with E-state index in [4.69, 9.17) is 9.63 Å². The third kappa shape index (κ3) is 1.69. The molecule has 0 bridgehead atoms. The fourth-order valence-corrected chi connectivity index (χ4v) is 1.52. The molecule has 2 aromatic rings. The van der Waals surface area contributed by atoms with Crippen LogP contribution in [0.15, 0.2) is 28.8 Å². The summed E-state index contributed by atoms with van der Waals surface area (Å²) in [7, 11) is 0. The summed E-state index contributed by atoms with van der Waals surface area (Å²) < 4.78 is 5.02. The zero-order valence-corrected chi connectivity index (χ0v) is 9.02. The SMILES string of the molecule is Cc1cccc(-c2cc(C(=O)O)no2)c1C. The molecule has 0 fully saturated rings. The molecular formula is C12H11NO3. The van der Waals surface area contributed by atoms with Crippen molar-refractivity contribution in [1.82, 2.24) is 5.16 Å². The van der Waals surface area contributed by atoms with Gasteiger partial charge in [0.1, 0.15) is 0 Å². The quantitative estimate of drug-likeness (QED) is 0.839. The van der Waals surface area contributed by atoms with Gasteiger partial charge in [-0.05, 0) is 25.0 Å². The molecule has 4 heteroatoms. The van der Waals surface area contributed by atoms with Crippen molar-refractivity contribution in [3.05, 3.63) is 41.1 Å². The Morgan fingerprint density at radius 1 is 1.38 bits per heavy atom. The first-order chi connectivity index (χ1) is 7.59. The van der Waals surface area contributed by atoms with Crippen molar-refractivity contribution < 1.29 is 14.4 Å². The van der Waals surface area contributed by atoms with Crippen LogP contribution in [0.1, 0.15) is 21.6 Å². The van der Waals surface area contributed by atoms with Crippen molar-refractivity contribution in [1.29, 1.82) is 0 Å². The van der Waals surface area contributed by atoms with Crippen LogP contribution in [0.25, 0.3) is 11.3 Å². The Hall–Kier alpha value is -2.10. The van der Waals surface area contributed by atoms with Gasteiger partial charge in [0.05, 0.1) is 0 Å². The van der Waals surface area contributed by atoms with E-state index in [-0.39, 0.29) is 5.69 Å². The number of carbonyl (C=O) groups is 1. The van der Waals surface area contributed by atoms with Crippen LogP contribution in [0.5, 0.6) is 0 Å². The van der Waals surface area contributed by atoms with Crippen molar-refractivity contribution in [3.8, 4) is 11.3 Å². The molecular weight excluding hydrogens is 206 g/mol. The lowest BCUT2D eigenvalue weighted by atomic mass is 10.0. The molecule has 0 aliphatic heterocycles. The number of rotatable bonds is 2. The molecule has 0 atom stereocenters. The molecule has 16 heavy (non-hydrogen) atoms. The van der Waals surface area contributed by atoms with E-state index in [9.17, 15) is 4.79 Å². The number of aryl methyl sites for hydroxylation is 1. The maximum Gasteiger partial charge on any atom is 0.358 e. The second kappa shape index (κ2) is 3.81. The summed E-state index contributed by atoms with van der Waals surface area (Å²) in [6.45, 7) is 3.96.